The standard InChI is InChI=1S/C21H28O4/c1-5-14(2)8-6-7-9-20(24)25-19-11-10-16-12-17(22)18(23)13-21(16,4)15(19)3/h6-12,14-15,18-19,23H,5,13H2,1-4H3/b8-6+,9-7+/t14?,15-,18+,19-,21+/m0/s1. The Labute approximate surface area is 149 Å². The van der Waals surface area contributed by atoms with Crippen molar-refractivity contribution in [1.29, 1.82) is 0 Å². The average Bonchev–Trinajstić information content (AvgIpc) is 2.57. The molecule has 25 heavy (non-hydrogen) atoms. The summed E-state index contributed by atoms with van der Waals surface area (Å²) in [6.07, 6.45) is 12.3. The first kappa shape index (κ1) is 19.4. The van der Waals surface area contributed by atoms with Crippen LogP contribution in [0.5, 0.6) is 0 Å². The summed E-state index contributed by atoms with van der Waals surface area (Å²) in [5, 5.41) is 9.93. The molecular formula is C21H28O4. The molecule has 2 rings (SSSR count). The van der Waals surface area contributed by atoms with Crippen molar-refractivity contribution in [2.75, 3.05) is 0 Å². The summed E-state index contributed by atoms with van der Waals surface area (Å²) in [6.45, 7) is 8.23. The minimum Gasteiger partial charge on any atom is -0.455 e. The summed E-state index contributed by atoms with van der Waals surface area (Å²) in [5.41, 5.74) is 0.516. The highest BCUT2D eigenvalue weighted by Gasteiger charge is 2.46. The fourth-order valence-electron chi connectivity index (χ4n) is 3.29. The first-order valence-corrected chi connectivity index (χ1v) is 8.95. The zero-order valence-corrected chi connectivity index (χ0v) is 15.4. The van der Waals surface area contributed by atoms with Crippen molar-refractivity contribution in [2.24, 2.45) is 17.3 Å². The molecule has 2 aliphatic rings. The van der Waals surface area contributed by atoms with Crippen molar-refractivity contribution >= 4 is 11.8 Å². The van der Waals surface area contributed by atoms with Gasteiger partial charge in [0.15, 0.2) is 5.78 Å². The molecule has 0 saturated heterocycles. The highest BCUT2D eigenvalue weighted by Crippen LogP contribution is 2.48. The first-order valence-electron chi connectivity index (χ1n) is 8.95. The van der Waals surface area contributed by atoms with Gasteiger partial charge in [0.25, 0.3) is 0 Å². The van der Waals surface area contributed by atoms with Crippen LogP contribution in [0, 0.1) is 17.3 Å². The van der Waals surface area contributed by atoms with Crippen LogP contribution in [0.1, 0.15) is 40.5 Å². The number of hydrogen-bond acceptors (Lipinski definition) is 4. The summed E-state index contributed by atoms with van der Waals surface area (Å²) >= 11 is 0. The average molecular weight is 344 g/mol. The molecule has 0 aromatic rings. The van der Waals surface area contributed by atoms with Crippen LogP contribution in [0.2, 0.25) is 0 Å². The molecule has 1 N–H and O–H groups in total. The molecule has 0 heterocycles. The number of carbonyl (C=O) groups is 2. The summed E-state index contributed by atoms with van der Waals surface area (Å²) in [7, 11) is 0. The molecule has 0 aromatic carbocycles. The third kappa shape index (κ3) is 4.37. The number of allylic oxidation sites excluding steroid dienone is 5. The molecule has 4 heteroatoms. The van der Waals surface area contributed by atoms with Crippen molar-refractivity contribution in [3.63, 3.8) is 0 Å². The van der Waals surface area contributed by atoms with Crippen LogP contribution in [0.4, 0.5) is 0 Å². The number of aliphatic hydroxyl groups excluding tert-OH is 1. The van der Waals surface area contributed by atoms with Gasteiger partial charge in [0.1, 0.15) is 12.2 Å². The zero-order chi connectivity index (χ0) is 18.6. The SMILES string of the molecule is CCC(C)/C=C/C=C/C(=O)O[C@H]1C=CC2=CC(=O)[C@H](O)C[C@]2(C)[C@H]1C. The maximum absolute atomic E-state index is 12.1. The lowest BCUT2D eigenvalue weighted by Gasteiger charge is -2.45. The Morgan fingerprint density at radius 1 is 1.48 bits per heavy atom. The van der Waals surface area contributed by atoms with E-state index in [0.717, 1.165) is 12.0 Å². The van der Waals surface area contributed by atoms with E-state index in [2.05, 4.69) is 13.8 Å². The van der Waals surface area contributed by atoms with Crippen molar-refractivity contribution < 1.29 is 19.4 Å². The number of carbonyl (C=O) groups excluding carboxylic acids is 2. The lowest BCUT2D eigenvalue weighted by molar-refractivity contribution is -0.145. The second-order valence-electron chi connectivity index (χ2n) is 7.32. The van der Waals surface area contributed by atoms with Crippen LogP contribution >= 0.6 is 0 Å². The summed E-state index contributed by atoms with van der Waals surface area (Å²) < 4.78 is 5.57. The Morgan fingerprint density at radius 3 is 2.88 bits per heavy atom. The van der Waals surface area contributed by atoms with E-state index in [0.29, 0.717) is 12.3 Å². The van der Waals surface area contributed by atoms with Crippen molar-refractivity contribution in [2.45, 2.75) is 52.7 Å². The normalized spacial score (nSPS) is 33.4. The third-order valence-corrected chi connectivity index (χ3v) is 5.55. The maximum atomic E-state index is 12.1. The molecule has 0 fully saturated rings. The van der Waals surface area contributed by atoms with Gasteiger partial charge in [-0.1, -0.05) is 58.4 Å². The monoisotopic (exact) mass is 344 g/mol. The van der Waals surface area contributed by atoms with E-state index in [1.54, 1.807) is 6.08 Å². The minimum absolute atomic E-state index is 0.0282. The van der Waals surface area contributed by atoms with Gasteiger partial charge >= 0.3 is 5.97 Å². The van der Waals surface area contributed by atoms with Gasteiger partial charge in [0.2, 0.25) is 0 Å². The Kier molecular flexibility index (Phi) is 6.17. The van der Waals surface area contributed by atoms with E-state index in [1.807, 2.05) is 38.2 Å². The molecule has 136 valence electrons. The Morgan fingerprint density at radius 2 is 2.20 bits per heavy atom. The number of esters is 1. The fourth-order valence-corrected chi connectivity index (χ4v) is 3.29. The van der Waals surface area contributed by atoms with Gasteiger partial charge in [-0.25, -0.2) is 4.79 Å². The van der Waals surface area contributed by atoms with Crippen LogP contribution in [-0.4, -0.2) is 29.1 Å². The van der Waals surface area contributed by atoms with E-state index in [9.17, 15) is 14.7 Å². The van der Waals surface area contributed by atoms with Crippen molar-refractivity contribution in [3.8, 4) is 0 Å². The van der Waals surface area contributed by atoms with Gasteiger partial charge in [-0.2, -0.15) is 0 Å². The van der Waals surface area contributed by atoms with Gasteiger partial charge in [-0.15, -0.1) is 0 Å². The number of rotatable bonds is 5. The molecule has 0 aliphatic heterocycles. The number of ether oxygens (including phenoxy) is 1. The van der Waals surface area contributed by atoms with Crippen LogP contribution < -0.4 is 0 Å². The molecule has 2 aliphatic carbocycles. The zero-order valence-electron chi connectivity index (χ0n) is 15.4. The molecule has 0 saturated carbocycles. The number of hydrogen-bond donors (Lipinski definition) is 1. The molecule has 0 aromatic heterocycles. The number of aliphatic hydroxyl groups is 1. The highest BCUT2D eigenvalue weighted by atomic mass is 16.5. The lowest BCUT2D eigenvalue weighted by Crippen LogP contribution is -2.45. The van der Waals surface area contributed by atoms with Crippen molar-refractivity contribution in [1.82, 2.24) is 0 Å². The van der Waals surface area contributed by atoms with E-state index < -0.39 is 12.1 Å². The molecule has 1 unspecified atom stereocenters. The van der Waals surface area contributed by atoms with Crippen LogP contribution in [0.25, 0.3) is 0 Å². The fraction of sp³-hybridized carbons (Fsp3) is 0.524. The van der Waals surface area contributed by atoms with Gasteiger partial charge in [0, 0.05) is 17.4 Å². The second kappa shape index (κ2) is 7.96. The quantitative estimate of drug-likeness (QED) is 0.471. The first-order chi connectivity index (χ1) is 11.8. The Bertz CT molecular complexity index is 640. The van der Waals surface area contributed by atoms with Gasteiger partial charge in [-0.05, 0) is 30.1 Å². The predicted molar refractivity (Wildman–Crippen MR) is 97.7 cm³/mol. The smallest absolute Gasteiger partial charge is 0.331 e. The molecule has 5 atom stereocenters. The summed E-state index contributed by atoms with van der Waals surface area (Å²) in [5.74, 6) is -0.193. The Balaban J connectivity index is 2.05. The largest absolute Gasteiger partial charge is 0.455 e. The number of fused-ring (bicyclic) bond motifs is 1. The lowest BCUT2D eigenvalue weighted by atomic mass is 9.61. The topological polar surface area (TPSA) is 63.6 Å². The molecule has 4 nitrogen and oxygen atoms in total. The van der Waals surface area contributed by atoms with Gasteiger partial charge in [-0.3, -0.25) is 4.79 Å². The molecular weight excluding hydrogens is 316 g/mol. The third-order valence-electron chi connectivity index (χ3n) is 5.55. The second-order valence-corrected chi connectivity index (χ2v) is 7.32. The van der Waals surface area contributed by atoms with E-state index in [4.69, 9.17) is 4.74 Å². The predicted octanol–water partition coefficient (Wildman–Crippen LogP) is 3.53. The molecule has 0 radical (unpaired) electrons. The summed E-state index contributed by atoms with van der Waals surface area (Å²) in [4.78, 5) is 23.8. The Hall–Kier alpha value is -1.94. The van der Waals surface area contributed by atoms with Gasteiger partial charge in [0.05, 0.1) is 0 Å². The molecule has 0 spiro atoms. The van der Waals surface area contributed by atoms with Crippen molar-refractivity contribution in [3.05, 3.63) is 48.1 Å². The minimum atomic E-state index is -0.982. The van der Waals surface area contributed by atoms with E-state index in [-0.39, 0.29) is 23.2 Å². The van der Waals surface area contributed by atoms with Crippen LogP contribution in [-0.2, 0) is 14.3 Å². The van der Waals surface area contributed by atoms with E-state index >= 15 is 0 Å². The van der Waals surface area contributed by atoms with E-state index in [1.165, 1.54) is 12.2 Å². The molecule has 0 amide bonds. The maximum Gasteiger partial charge on any atom is 0.331 e. The summed E-state index contributed by atoms with van der Waals surface area (Å²) in [6, 6.07) is 0. The van der Waals surface area contributed by atoms with Crippen LogP contribution in [0.3, 0.4) is 0 Å². The van der Waals surface area contributed by atoms with Crippen LogP contribution in [0.15, 0.2) is 48.1 Å². The molecule has 0 bridgehead atoms. The number of ketones is 1. The van der Waals surface area contributed by atoms with Gasteiger partial charge < -0.3 is 9.84 Å². The highest BCUT2D eigenvalue weighted by molar-refractivity contribution is 5.96.